The van der Waals surface area contributed by atoms with E-state index in [0.29, 0.717) is 37.7 Å². The van der Waals surface area contributed by atoms with Crippen molar-refractivity contribution in [2.45, 2.75) is 4.90 Å². The zero-order valence-corrected chi connectivity index (χ0v) is 23.7. The van der Waals surface area contributed by atoms with Gasteiger partial charge in [-0.2, -0.15) is 0 Å². The number of amides is 3. The van der Waals surface area contributed by atoms with Gasteiger partial charge in [-0.1, -0.05) is 59.1 Å². The fourth-order valence-corrected chi connectivity index (χ4v) is 4.66. The lowest BCUT2D eigenvalue weighted by Gasteiger charge is -2.13. The standard InChI is InChI=1S/C29H21Cl3N4O3S/c30-19-9-14-26(33-16-19)36-27(37)17-40-21-12-10-20(11-13-21)34-29(39)25(15-22-23(31)7-4-8-24(22)32)35-28(38)18-5-2-1-3-6-18/h1-16H,17H2,(H,34,39)(H,35,38)(H,33,36,37)/b25-15-. The molecule has 0 aliphatic carbocycles. The summed E-state index contributed by atoms with van der Waals surface area (Å²) in [5.74, 6) is -0.694. The lowest BCUT2D eigenvalue weighted by Crippen LogP contribution is -2.30. The molecule has 3 aromatic carbocycles. The van der Waals surface area contributed by atoms with Gasteiger partial charge in [-0.15, -0.1) is 11.8 Å². The largest absolute Gasteiger partial charge is 0.321 e. The fraction of sp³-hybridized carbons (Fsp3) is 0.0345. The summed E-state index contributed by atoms with van der Waals surface area (Å²) in [5.41, 5.74) is 1.20. The molecule has 0 saturated heterocycles. The Labute approximate surface area is 249 Å². The van der Waals surface area contributed by atoms with Gasteiger partial charge in [0.25, 0.3) is 11.8 Å². The number of carbonyl (C=O) groups is 3. The van der Waals surface area contributed by atoms with Crippen molar-refractivity contribution in [3.8, 4) is 0 Å². The number of benzene rings is 3. The van der Waals surface area contributed by atoms with E-state index in [9.17, 15) is 14.4 Å². The third kappa shape index (κ3) is 8.34. The molecule has 1 aromatic heterocycles. The summed E-state index contributed by atoms with van der Waals surface area (Å²) in [6, 6.07) is 23.6. The average Bonchev–Trinajstić information content (AvgIpc) is 2.95. The molecule has 11 heteroatoms. The molecule has 3 amide bonds. The fourth-order valence-electron chi connectivity index (χ4n) is 3.35. The number of aromatic nitrogens is 1. The van der Waals surface area contributed by atoms with E-state index in [1.165, 1.54) is 24.0 Å². The molecule has 1 heterocycles. The van der Waals surface area contributed by atoms with Gasteiger partial charge < -0.3 is 16.0 Å². The molecule has 0 unspecified atom stereocenters. The molecule has 0 aliphatic heterocycles. The summed E-state index contributed by atoms with van der Waals surface area (Å²) < 4.78 is 0. The number of pyridine rings is 1. The number of halogens is 3. The first-order valence-corrected chi connectivity index (χ1v) is 13.9. The Bertz CT molecular complexity index is 1530. The molecule has 0 spiro atoms. The molecular weight excluding hydrogens is 591 g/mol. The number of hydrogen-bond donors (Lipinski definition) is 3. The highest BCUT2D eigenvalue weighted by atomic mass is 35.5. The maximum Gasteiger partial charge on any atom is 0.272 e. The van der Waals surface area contributed by atoms with Crippen LogP contribution >= 0.6 is 46.6 Å². The Balaban J connectivity index is 1.43. The number of rotatable bonds is 9. The number of anilines is 2. The molecule has 0 saturated carbocycles. The van der Waals surface area contributed by atoms with Gasteiger partial charge in [-0.25, -0.2) is 4.98 Å². The first-order chi connectivity index (χ1) is 19.3. The molecule has 202 valence electrons. The van der Waals surface area contributed by atoms with Crippen LogP contribution in [0.1, 0.15) is 15.9 Å². The van der Waals surface area contributed by atoms with Crippen LogP contribution in [0.4, 0.5) is 11.5 Å². The monoisotopic (exact) mass is 610 g/mol. The summed E-state index contributed by atoms with van der Waals surface area (Å²) >= 11 is 19.7. The molecule has 3 N–H and O–H groups in total. The lowest BCUT2D eigenvalue weighted by molar-refractivity contribution is -0.114. The van der Waals surface area contributed by atoms with E-state index in [1.54, 1.807) is 84.9 Å². The highest BCUT2D eigenvalue weighted by Crippen LogP contribution is 2.27. The van der Waals surface area contributed by atoms with Crippen LogP contribution in [0.2, 0.25) is 15.1 Å². The maximum atomic E-state index is 13.2. The van der Waals surface area contributed by atoms with Crippen molar-refractivity contribution in [1.29, 1.82) is 0 Å². The molecule has 4 rings (SSSR count). The zero-order chi connectivity index (χ0) is 28.5. The summed E-state index contributed by atoms with van der Waals surface area (Å²) in [4.78, 5) is 43.2. The van der Waals surface area contributed by atoms with Crippen molar-refractivity contribution >= 4 is 81.9 Å². The van der Waals surface area contributed by atoms with E-state index in [-0.39, 0.29) is 17.4 Å². The summed E-state index contributed by atoms with van der Waals surface area (Å²) in [6.45, 7) is 0. The molecule has 0 aliphatic rings. The second kappa shape index (κ2) is 14.0. The van der Waals surface area contributed by atoms with E-state index in [1.807, 2.05) is 0 Å². The smallest absolute Gasteiger partial charge is 0.272 e. The topological polar surface area (TPSA) is 100 Å². The van der Waals surface area contributed by atoms with Crippen LogP contribution in [0.5, 0.6) is 0 Å². The van der Waals surface area contributed by atoms with Gasteiger partial charge in [-0.05, 0) is 66.7 Å². The van der Waals surface area contributed by atoms with E-state index in [2.05, 4.69) is 20.9 Å². The zero-order valence-electron chi connectivity index (χ0n) is 20.7. The summed E-state index contributed by atoms with van der Waals surface area (Å²) in [5, 5.41) is 9.25. The van der Waals surface area contributed by atoms with Crippen LogP contribution in [-0.2, 0) is 9.59 Å². The Morgan fingerprint density at radius 1 is 0.800 bits per heavy atom. The third-order valence-corrected chi connectivity index (χ3v) is 7.19. The quantitative estimate of drug-likeness (QED) is 0.137. The van der Waals surface area contributed by atoms with Gasteiger partial charge in [0.15, 0.2) is 0 Å². The molecular formula is C29H21Cl3N4O3S. The number of nitrogens with one attached hydrogen (secondary N) is 3. The van der Waals surface area contributed by atoms with Crippen LogP contribution in [0, 0.1) is 0 Å². The van der Waals surface area contributed by atoms with Gasteiger partial charge in [0.05, 0.1) is 10.8 Å². The Hall–Kier alpha value is -3.82. The third-order valence-electron chi connectivity index (χ3n) is 5.29. The Morgan fingerprint density at radius 3 is 2.15 bits per heavy atom. The summed E-state index contributed by atoms with van der Waals surface area (Å²) in [7, 11) is 0. The molecule has 0 fully saturated rings. The first-order valence-electron chi connectivity index (χ1n) is 11.8. The number of hydrogen-bond acceptors (Lipinski definition) is 5. The van der Waals surface area contributed by atoms with Crippen molar-refractivity contribution in [3.63, 3.8) is 0 Å². The highest BCUT2D eigenvalue weighted by molar-refractivity contribution is 8.00. The lowest BCUT2D eigenvalue weighted by atomic mass is 10.1. The van der Waals surface area contributed by atoms with E-state index >= 15 is 0 Å². The molecule has 0 atom stereocenters. The van der Waals surface area contributed by atoms with E-state index in [4.69, 9.17) is 34.8 Å². The molecule has 4 aromatic rings. The molecule has 40 heavy (non-hydrogen) atoms. The SMILES string of the molecule is O=C(CSc1ccc(NC(=O)/C(=C/c2c(Cl)cccc2Cl)NC(=O)c2ccccc2)cc1)Nc1ccc(Cl)cn1. The Kier molecular flexibility index (Phi) is 10.2. The van der Waals surface area contributed by atoms with Crippen molar-refractivity contribution in [1.82, 2.24) is 10.3 Å². The average molecular weight is 612 g/mol. The van der Waals surface area contributed by atoms with Crippen LogP contribution in [-0.4, -0.2) is 28.5 Å². The minimum absolute atomic E-state index is 0.0465. The first kappa shape index (κ1) is 29.2. The minimum Gasteiger partial charge on any atom is -0.321 e. The van der Waals surface area contributed by atoms with Crippen molar-refractivity contribution in [2.24, 2.45) is 0 Å². The minimum atomic E-state index is -0.574. The van der Waals surface area contributed by atoms with Crippen LogP contribution in [0.3, 0.4) is 0 Å². The number of thioether (sulfide) groups is 1. The normalized spacial score (nSPS) is 11.0. The van der Waals surface area contributed by atoms with E-state index < -0.39 is 11.8 Å². The number of nitrogens with zero attached hydrogens (tertiary/aromatic N) is 1. The van der Waals surface area contributed by atoms with Crippen LogP contribution < -0.4 is 16.0 Å². The predicted molar refractivity (Wildman–Crippen MR) is 162 cm³/mol. The molecule has 0 radical (unpaired) electrons. The van der Waals surface area contributed by atoms with Gasteiger partial charge in [0.1, 0.15) is 11.5 Å². The predicted octanol–water partition coefficient (Wildman–Crippen LogP) is 7.18. The maximum absolute atomic E-state index is 13.2. The van der Waals surface area contributed by atoms with E-state index in [0.717, 1.165) is 4.90 Å². The van der Waals surface area contributed by atoms with Crippen molar-refractivity contribution in [3.05, 3.63) is 123 Å². The van der Waals surface area contributed by atoms with Gasteiger partial charge in [0.2, 0.25) is 5.91 Å². The molecule has 0 bridgehead atoms. The van der Waals surface area contributed by atoms with Gasteiger partial charge in [0, 0.05) is 38.0 Å². The second-order valence-electron chi connectivity index (χ2n) is 8.19. The van der Waals surface area contributed by atoms with Gasteiger partial charge >= 0.3 is 0 Å². The van der Waals surface area contributed by atoms with Crippen LogP contribution in [0.25, 0.3) is 6.08 Å². The van der Waals surface area contributed by atoms with Gasteiger partial charge in [-0.3, -0.25) is 14.4 Å². The molecule has 7 nitrogen and oxygen atoms in total. The second-order valence-corrected chi connectivity index (χ2v) is 10.5. The highest BCUT2D eigenvalue weighted by Gasteiger charge is 2.17. The van der Waals surface area contributed by atoms with Crippen LogP contribution in [0.15, 0.2) is 102 Å². The summed E-state index contributed by atoms with van der Waals surface area (Å²) in [6.07, 6.45) is 2.88. The Morgan fingerprint density at radius 2 is 1.50 bits per heavy atom. The van der Waals surface area contributed by atoms with Crippen molar-refractivity contribution in [2.75, 3.05) is 16.4 Å². The number of carbonyl (C=O) groups excluding carboxylic acids is 3. The van der Waals surface area contributed by atoms with Crippen molar-refractivity contribution < 1.29 is 14.4 Å².